The summed E-state index contributed by atoms with van der Waals surface area (Å²) in [5.41, 5.74) is 1.52. The largest absolute Gasteiger partial charge is 0.493 e. The molecule has 0 aromatic heterocycles. The molecule has 3 rings (SSSR count). The average Bonchev–Trinajstić information content (AvgIpc) is 2.52. The number of benzene rings is 2. The molecule has 0 saturated carbocycles. The van der Waals surface area contributed by atoms with Crippen molar-refractivity contribution < 1.29 is 9.84 Å². The molecule has 1 heterocycles. The van der Waals surface area contributed by atoms with Gasteiger partial charge in [-0.3, -0.25) is 4.90 Å². The van der Waals surface area contributed by atoms with Crippen molar-refractivity contribution in [2.45, 2.75) is 18.9 Å². The first-order valence-corrected chi connectivity index (χ1v) is 7.86. The zero-order valence-corrected chi connectivity index (χ0v) is 13.0. The monoisotopic (exact) mass is 297 g/mol. The highest BCUT2D eigenvalue weighted by molar-refractivity contribution is 5.31. The van der Waals surface area contributed by atoms with E-state index in [4.69, 9.17) is 4.74 Å². The molecule has 0 atom stereocenters. The van der Waals surface area contributed by atoms with Gasteiger partial charge in [0.15, 0.2) is 0 Å². The molecule has 116 valence electrons. The molecule has 3 nitrogen and oxygen atoms in total. The zero-order chi connectivity index (χ0) is 15.4. The molecule has 0 radical (unpaired) electrons. The molecule has 1 saturated heterocycles. The van der Waals surface area contributed by atoms with Crippen LogP contribution in [0.4, 0.5) is 0 Å². The van der Waals surface area contributed by atoms with Gasteiger partial charge in [0.2, 0.25) is 0 Å². The fourth-order valence-corrected chi connectivity index (χ4v) is 2.97. The van der Waals surface area contributed by atoms with Gasteiger partial charge in [0.05, 0.1) is 6.61 Å². The van der Waals surface area contributed by atoms with Gasteiger partial charge in [-0.1, -0.05) is 48.5 Å². The minimum atomic E-state index is -0.669. The van der Waals surface area contributed by atoms with Gasteiger partial charge in [0, 0.05) is 19.6 Å². The van der Waals surface area contributed by atoms with Gasteiger partial charge in [-0.05, 0) is 30.5 Å². The number of ether oxygens (including phenoxy) is 1. The number of nitrogens with zero attached hydrogens (tertiary/aromatic N) is 1. The quantitative estimate of drug-likeness (QED) is 0.832. The molecule has 2 aromatic rings. The lowest BCUT2D eigenvalue weighted by Gasteiger charge is -2.47. The molecule has 0 spiro atoms. The van der Waals surface area contributed by atoms with Crippen LogP contribution in [0.3, 0.4) is 0 Å². The van der Waals surface area contributed by atoms with Gasteiger partial charge < -0.3 is 9.84 Å². The second-order valence-electron chi connectivity index (χ2n) is 6.08. The van der Waals surface area contributed by atoms with Crippen molar-refractivity contribution in [1.82, 2.24) is 4.90 Å². The summed E-state index contributed by atoms with van der Waals surface area (Å²) >= 11 is 0. The molecular formula is C19H23NO2. The Morgan fingerprint density at radius 1 is 1.05 bits per heavy atom. The van der Waals surface area contributed by atoms with Crippen molar-refractivity contribution in [3.8, 4) is 5.75 Å². The smallest absolute Gasteiger partial charge is 0.122 e. The van der Waals surface area contributed by atoms with Crippen molar-refractivity contribution in [3.05, 3.63) is 65.7 Å². The van der Waals surface area contributed by atoms with Gasteiger partial charge in [-0.2, -0.15) is 0 Å². The Labute approximate surface area is 132 Å². The Bertz CT molecular complexity index is 606. The minimum absolute atomic E-state index is 0.669. The summed E-state index contributed by atoms with van der Waals surface area (Å²) in [4.78, 5) is 2.27. The van der Waals surface area contributed by atoms with Crippen LogP contribution in [-0.2, 0) is 5.60 Å². The summed E-state index contributed by atoms with van der Waals surface area (Å²) < 4.78 is 5.80. The maximum absolute atomic E-state index is 10.5. The fourth-order valence-electron chi connectivity index (χ4n) is 2.97. The van der Waals surface area contributed by atoms with E-state index >= 15 is 0 Å². The zero-order valence-electron chi connectivity index (χ0n) is 13.0. The number of aliphatic hydroxyl groups is 1. The van der Waals surface area contributed by atoms with Crippen molar-refractivity contribution in [3.63, 3.8) is 0 Å². The Morgan fingerprint density at radius 3 is 2.45 bits per heavy atom. The van der Waals surface area contributed by atoms with E-state index in [9.17, 15) is 5.11 Å². The summed E-state index contributed by atoms with van der Waals surface area (Å²) in [6, 6.07) is 18.0. The van der Waals surface area contributed by atoms with E-state index in [1.165, 1.54) is 5.56 Å². The van der Waals surface area contributed by atoms with E-state index < -0.39 is 5.60 Å². The molecule has 0 bridgehead atoms. The van der Waals surface area contributed by atoms with Crippen molar-refractivity contribution >= 4 is 0 Å². The fraction of sp³-hybridized carbons (Fsp3) is 0.368. The third-order valence-corrected chi connectivity index (χ3v) is 4.25. The lowest BCUT2D eigenvalue weighted by molar-refractivity contribution is -0.104. The van der Waals surface area contributed by atoms with Crippen molar-refractivity contribution in [1.29, 1.82) is 0 Å². The number of rotatable bonds is 6. The molecular weight excluding hydrogens is 274 g/mol. The second-order valence-corrected chi connectivity index (χ2v) is 6.08. The molecule has 22 heavy (non-hydrogen) atoms. The molecule has 0 amide bonds. The van der Waals surface area contributed by atoms with Crippen LogP contribution in [0.2, 0.25) is 0 Å². The predicted octanol–water partition coefficient (Wildman–Crippen LogP) is 2.97. The SMILES string of the molecule is Cc1ccccc1OCCCN1CC(O)(c2ccccc2)C1. The first-order valence-electron chi connectivity index (χ1n) is 7.86. The van der Waals surface area contributed by atoms with Gasteiger partial charge >= 0.3 is 0 Å². The van der Waals surface area contributed by atoms with Crippen LogP contribution >= 0.6 is 0 Å². The van der Waals surface area contributed by atoms with Crippen LogP contribution in [0, 0.1) is 6.92 Å². The van der Waals surface area contributed by atoms with Crippen LogP contribution in [0.5, 0.6) is 5.75 Å². The Balaban J connectivity index is 1.39. The maximum Gasteiger partial charge on any atom is 0.122 e. The van der Waals surface area contributed by atoms with Crippen molar-refractivity contribution in [2.75, 3.05) is 26.2 Å². The molecule has 2 aromatic carbocycles. The first kappa shape index (κ1) is 15.1. The second kappa shape index (κ2) is 6.51. The standard InChI is InChI=1S/C19H23NO2/c1-16-8-5-6-11-18(16)22-13-7-12-20-14-19(21,15-20)17-9-3-2-4-10-17/h2-6,8-11,21H,7,12-15H2,1H3. The maximum atomic E-state index is 10.5. The van der Waals surface area contributed by atoms with Crippen LogP contribution in [-0.4, -0.2) is 36.2 Å². The Hall–Kier alpha value is -1.84. The van der Waals surface area contributed by atoms with E-state index in [1.807, 2.05) is 48.5 Å². The Morgan fingerprint density at radius 2 is 1.73 bits per heavy atom. The van der Waals surface area contributed by atoms with E-state index in [0.717, 1.165) is 24.3 Å². The van der Waals surface area contributed by atoms with Gasteiger partial charge in [-0.15, -0.1) is 0 Å². The molecule has 1 N–H and O–H groups in total. The van der Waals surface area contributed by atoms with Gasteiger partial charge in [-0.25, -0.2) is 0 Å². The minimum Gasteiger partial charge on any atom is -0.493 e. The summed E-state index contributed by atoms with van der Waals surface area (Å²) in [7, 11) is 0. The summed E-state index contributed by atoms with van der Waals surface area (Å²) in [6.07, 6.45) is 0.971. The molecule has 0 aliphatic carbocycles. The van der Waals surface area contributed by atoms with Crippen LogP contribution in [0.15, 0.2) is 54.6 Å². The summed E-state index contributed by atoms with van der Waals surface area (Å²) in [6.45, 7) is 5.15. The number of likely N-dealkylation sites (tertiary alicyclic amines) is 1. The topological polar surface area (TPSA) is 32.7 Å². The third-order valence-electron chi connectivity index (χ3n) is 4.25. The molecule has 1 aliphatic rings. The highest BCUT2D eigenvalue weighted by atomic mass is 16.5. The van der Waals surface area contributed by atoms with Crippen molar-refractivity contribution in [2.24, 2.45) is 0 Å². The van der Waals surface area contributed by atoms with Crippen LogP contribution in [0.1, 0.15) is 17.5 Å². The number of hydrogen-bond acceptors (Lipinski definition) is 3. The molecule has 1 fully saturated rings. The molecule has 0 unspecified atom stereocenters. The lowest BCUT2D eigenvalue weighted by Crippen LogP contribution is -2.59. The average molecular weight is 297 g/mol. The highest BCUT2D eigenvalue weighted by Crippen LogP contribution is 2.31. The highest BCUT2D eigenvalue weighted by Gasteiger charge is 2.41. The summed E-state index contributed by atoms with van der Waals surface area (Å²) in [5.74, 6) is 0.965. The summed E-state index contributed by atoms with van der Waals surface area (Å²) in [5, 5.41) is 10.5. The van der Waals surface area contributed by atoms with Crippen LogP contribution < -0.4 is 4.74 Å². The van der Waals surface area contributed by atoms with E-state index in [2.05, 4.69) is 17.9 Å². The third kappa shape index (κ3) is 3.32. The van der Waals surface area contributed by atoms with Gasteiger partial charge in [0.1, 0.15) is 11.4 Å². The van der Waals surface area contributed by atoms with E-state index in [0.29, 0.717) is 19.7 Å². The lowest BCUT2D eigenvalue weighted by atomic mass is 9.86. The first-order chi connectivity index (χ1) is 10.7. The predicted molar refractivity (Wildman–Crippen MR) is 88.1 cm³/mol. The van der Waals surface area contributed by atoms with Crippen LogP contribution in [0.25, 0.3) is 0 Å². The number of hydrogen-bond donors (Lipinski definition) is 1. The molecule has 1 aliphatic heterocycles. The number of para-hydroxylation sites is 1. The normalized spacial score (nSPS) is 17.0. The number of aryl methyl sites for hydroxylation is 1. The number of β-amino-alcohol motifs (C(OH)–C–C–N with tert-alkyl or cyclic N) is 1. The van der Waals surface area contributed by atoms with Gasteiger partial charge in [0.25, 0.3) is 0 Å². The van der Waals surface area contributed by atoms with E-state index in [1.54, 1.807) is 0 Å². The molecule has 3 heteroatoms. The Kier molecular flexibility index (Phi) is 4.46. The van der Waals surface area contributed by atoms with E-state index in [-0.39, 0.29) is 0 Å².